The Labute approximate surface area is 160 Å². The van der Waals surface area contributed by atoms with Gasteiger partial charge in [-0.15, -0.1) is 10.2 Å². The van der Waals surface area contributed by atoms with Crippen molar-refractivity contribution in [1.82, 2.24) is 10.2 Å². The number of hydrogen-bond acceptors (Lipinski definition) is 5. The minimum Gasteiger partial charge on any atom is -0.494 e. The van der Waals surface area contributed by atoms with Crippen molar-refractivity contribution in [3.05, 3.63) is 65.7 Å². The molecular formula is C20H15ClN2O2S. The number of furan rings is 1. The minimum atomic E-state index is 0.647. The van der Waals surface area contributed by atoms with Gasteiger partial charge in [-0.2, -0.15) is 0 Å². The molecule has 0 aliphatic carbocycles. The van der Waals surface area contributed by atoms with E-state index in [1.807, 2.05) is 67.6 Å². The average Bonchev–Trinajstić information content (AvgIpc) is 3.33. The summed E-state index contributed by atoms with van der Waals surface area (Å²) >= 11 is 7.72. The van der Waals surface area contributed by atoms with Gasteiger partial charge in [-0.3, -0.25) is 0 Å². The van der Waals surface area contributed by atoms with Crippen LogP contribution in [0.4, 0.5) is 0 Å². The van der Waals surface area contributed by atoms with Gasteiger partial charge in [0, 0.05) is 11.1 Å². The van der Waals surface area contributed by atoms with Gasteiger partial charge in [0.25, 0.3) is 0 Å². The van der Waals surface area contributed by atoms with Crippen molar-refractivity contribution in [2.75, 3.05) is 6.61 Å². The second-order valence-electron chi connectivity index (χ2n) is 5.51. The molecule has 0 saturated carbocycles. The molecule has 0 amide bonds. The van der Waals surface area contributed by atoms with E-state index in [-0.39, 0.29) is 0 Å². The van der Waals surface area contributed by atoms with Crippen LogP contribution in [-0.2, 0) is 0 Å². The van der Waals surface area contributed by atoms with Crippen LogP contribution in [0.15, 0.2) is 65.1 Å². The molecule has 0 atom stereocenters. The zero-order valence-electron chi connectivity index (χ0n) is 14.0. The largest absolute Gasteiger partial charge is 0.494 e. The normalized spacial score (nSPS) is 10.8. The fourth-order valence-electron chi connectivity index (χ4n) is 2.56. The Hall–Kier alpha value is -2.63. The van der Waals surface area contributed by atoms with Gasteiger partial charge in [-0.05, 0) is 55.5 Å². The molecule has 0 N–H and O–H groups in total. The fourth-order valence-corrected chi connectivity index (χ4v) is 3.60. The van der Waals surface area contributed by atoms with E-state index < -0.39 is 0 Å². The summed E-state index contributed by atoms with van der Waals surface area (Å²) in [7, 11) is 0. The summed E-state index contributed by atoms with van der Waals surface area (Å²) in [6.45, 7) is 2.61. The Kier molecular flexibility index (Phi) is 4.73. The molecule has 6 heteroatoms. The van der Waals surface area contributed by atoms with Crippen LogP contribution in [-0.4, -0.2) is 16.8 Å². The maximum Gasteiger partial charge on any atom is 0.183 e. The number of hydrogen-bond donors (Lipinski definition) is 0. The van der Waals surface area contributed by atoms with Gasteiger partial charge in [-0.1, -0.05) is 35.1 Å². The number of nitrogens with zero attached hydrogens (tertiary/aromatic N) is 2. The second-order valence-corrected chi connectivity index (χ2v) is 6.90. The van der Waals surface area contributed by atoms with Crippen LogP contribution in [0.5, 0.6) is 5.75 Å². The maximum absolute atomic E-state index is 6.24. The van der Waals surface area contributed by atoms with E-state index in [0.717, 1.165) is 26.9 Å². The Morgan fingerprint density at radius 1 is 0.923 bits per heavy atom. The predicted octanol–water partition coefficient (Wildman–Crippen LogP) is 6.18. The van der Waals surface area contributed by atoms with Gasteiger partial charge in [0.05, 0.1) is 11.6 Å². The van der Waals surface area contributed by atoms with E-state index in [1.165, 1.54) is 11.3 Å². The third kappa shape index (κ3) is 3.36. The number of benzene rings is 2. The Balaban J connectivity index is 1.60. The van der Waals surface area contributed by atoms with Crippen LogP contribution < -0.4 is 4.74 Å². The van der Waals surface area contributed by atoms with Gasteiger partial charge in [0.2, 0.25) is 0 Å². The van der Waals surface area contributed by atoms with Crippen LogP contribution in [0.1, 0.15) is 6.92 Å². The molecule has 4 aromatic rings. The molecule has 0 fully saturated rings. The Morgan fingerprint density at radius 3 is 2.42 bits per heavy atom. The molecule has 0 aliphatic heterocycles. The number of aromatic nitrogens is 2. The van der Waals surface area contributed by atoms with Crippen LogP contribution in [0, 0.1) is 0 Å². The van der Waals surface area contributed by atoms with Gasteiger partial charge in [0.15, 0.2) is 10.8 Å². The SMILES string of the molecule is CCOc1ccc(-c2nnc(-c3ccc(-c4ccccc4Cl)o3)s2)cc1. The third-order valence-corrected chi connectivity index (χ3v) is 5.11. The first-order valence-electron chi connectivity index (χ1n) is 8.16. The highest BCUT2D eigenvalue weighted by molar-refractivity contribution is 7.17. The van der Waals surface area contributed by atoms with E-state index in [4.69, 9.17) is 20.8 Å². The Bertz CT molecular complexity index is 1020. The predicted molar refractivity (Wildman–Crippen MR) is 105 cm³/mol. The molecule has 0 spiro atoms. The first-order chi connectivity index (χ1) is 12.7. The molecule has 130 valence electrons. The van der Waals surface area contributed by atoms with Crippen molar-refractivity contribution in [3.8, 4) is 38.4 Å². The molecule has 2 aromatic heterocycles. The lowest BCUT2D eigenvalue weighted by atomic mass is 10.2. The van der Waals surface area contributed by atoms with Crippen LogP contribution in [0.2, 0.25) is 5.02 Å². The molecule has 0 bridgehead atoms. The molecule has 2 heterocycles. The highest BCUT2D eigenvalue weighted by Crippen LogP contribution is 2.35. The van der Waals surface area contributed by atoms with E-state index in [1.54, 1.807) is 0 Å². The zero-order chi connectivity index (χ0) is 17.9. The minimum absolute atomic E-state index is 0.647. The number of ether oxygens (including phenoxy) is 1. The monoisotopic (exact) mass is 382 g/mol. The summed E-state index contributed by atoms with van der Waals surface area (Å²) < 4.78 is 11.4. The molecule has 0 unspecified atom stereocenters. The lowest BCUT2D eigenvalue weighted by molar-refractivity contribution is 0.340. The summed E-state index contributed by atoms with van der Waals surface area (Å²) in [5.41, 5.74) is 1.85. The summed E-state index contributed by atoms with van der Waals surface area (Å²) in [6.07, 6.45) is 0. The van der Waals surface area contributed by atoms with Crippen molar-refractivity contribution in [2.24, 2.45) is 0 Å². The summed E-state index contributed by atoms with van der Waals surface area (Å²) in [6, 6.07) is 19.2. The zero-order valence-corrected chi connectivity index (χ0v) is 15.6. The molecule has 0 saturated heterocycles. The summed E-state index contributed by atoms with van der Waals surface area (Å²) in [5.74, 6) is 2.23. The van der Waals surface area contributed by atoms with Crippen LogP contribution >= 0.6 is 22.9 Å². The van der Waals surface area contributed by atoms with E-state index in [0.29, 0.717) is 23.2 Å². The first kappa shape index (κ1) is 16.8. The average molecular weight is 383 g/mol. The first-order valence-corrected chi connectivity index (χ1v) is 9.36. The quantitative estimate of drug-likeness (QED) is 0.413. The van der Waals surface area contributed by atoms with Crippen LogP contribution in [0.3, 0.4) is 0 Å². The molecule has 0 radical (unpaired) electrons. The standard InChI is InChI=1S/C20H15ClN2O2S/c1-2-24-14-9-7-13(8-10-14)19-22-23-20(26-19)18-12-11-17(25-18)15-5-3-4-6-16(15)21/h3-12H,2H2,1H3. The van der Waals surface area contributed by atoms with Crippen molar-refractivity contribution in [3.63, 3.8) is 0 Å². The lowest BCUT2D eigenvalue weighted by Gasteiger charge is -2.02. The lowest BCUT2D eigenvalue weighted by Crippen LogP contribution is -1.90. The maximum atomic E-state index is 6.24. The van der Waals surface area contributed by atoms with Crippen molar-refractivity contribution in [2.45, 2.75) is 6.92 Å². The van der Waals surface area contributed by atoms with Gasteiger partial charge in [0.1, 0.15) is 16.5 Å². The second kappa shape index (κ2) is 7.32. The smallest absolute Gasteiger partial charge is 0.183 e. The van der Waals surface area contributed by atoms with Crippen molar-refractivity contribution in [1.29, 1.82) is 0 Å². The summed E-state index contributed by atoms with van der Waals surface area (Å²) in [4.78, 5) is 0. The van der Waals surface area contributed by atoms with Gasteiger partial charge < -0.3 is 9.15 Å². The Morgan fingerprint density at radius 2 is 1.65 bits per heavy atom. The van der Waals surface area contributed by atoms with E-state index >= 15 is 0 Å². The van der Waals surface area contributed by atoms with Crippen molar-refractivity contribution < 1.29 is 9.15 Å². The third-order valence-electron chi connectivity index (χ3n) is 3.79. The molecular weight excluding hydrogens is 368 g/mol. The fraction of sp³-hybridized carbons (Fsp3) is 0.100. The van der Waals surface area contributed by atoms with Gasteiger partial charge >= 0.3 is 0 Å². The molecule has 0 aliphatic rings. The summed E-state index contributed by atoms with van der Waals surface area (Å²) in [5, 5.41) is 10.8. The van der Waals surface area contributed by atoms with Crippen molar-refractivity contribution >= 4 is 22.9 Å². The van der Waals surface area contributed by atoms with E-state index in [2.05, 4.69) is 10.2 Å². The highest BCUT2D eigenvalue weighted by Gasteiger charge is 2.14. The number of rotatable bonds is 5. The van der Waals surface area contributed by atoms with E-state index in [9.17, 15) is 0 Å². The molecule has 26 heavy (non-hydrogen) atoms. The van der Waals surface area contributed by atoms with Gasteiger partial charge in [-0.25, -0.2) is 0 Å². The molecule has 4 rings (SSSR count). The molecule has 4 nitrogen and oxygen atoms in total. The highest BCUT2D eigenvalue weighted by atomic mass is 35.5. The number of halogens is 1. The van der Waals surface area contributed by atoms with Crippen LogP contribution in [0.25, 0.3) is 32.7 Å². The topological polar surface area (TPSA) is 48.2 Å². The molecule has 2 aromatic carbocycles.